The van der Waals surface area contributed by atoms with Crippen LogP contribution in [0.3, 0.4) is 0 Å². The van der Waals surface area contributed by atoms with Crippen LogP contribution >= 0.6 is 7.82 Å². The van der Waals surface area contributed by atoms with Crippen molar-refractivity contribution in [3.05, 3.63) is 0 Å². The summed E-state index contributed by atoms with van der Waals surface area (Å²) in [5.41, 5.74) is 5.38. The minimum atomic E-state index is -4.31. The van der Waals surface area contributed by atoms with E-state index in [4.69, 9.17) is 14.8 Å². The van der Waals surface area contributed by atoms with Crippen LogP contribution in [-0.2, 0) is 18.4 Å². The molecule has 8 nitrogen and oxygen atoms in total. The van der Waals surface area contributed by atoms with E-state index in [9.17, 15) is 19.4 Å². The number of unbranched alkanes of at least 4 members (excludes halogenated alkanes) is 32. The highest BCUT2D eigenvalue weighted by Crippen LogP contribution is 2.43. The molecule has 0 saturated heterocycles. The molecule has 0 aliphatic heterocycles. The molecule has 0 aromatic rings. The summed E-state index contributed by atoms with van der Waals surface area (Å²) < 4.78 is 22.2. The van der Waals surface area contributed by atoms with Crippen LogP contribution in [0.1, 0.15) is 245 Å². The average Bonchev–Trinajstić information content (AvgIpc) is 3.14. The predicted octanol–water partition coefficient (Wildman–Crippen LogP) is 13.0. The standard InChI is InChI=1S/C44H91N2O6P/c1-3-5-7-9-11-13-15-17-18-19-20-21-22-23-24-26-27-29-31-33-35-37-43(47)42(41-52-53(49,50)51-40-39-45)46-44(48)38-36-34-32-30-28-25-16-14-12-10-8-6-4-2/h42-43,47H,3-41,45H2,1-2H3,(H,46,48)(H,49,50). The van der Waals surface area contributed by atoms with Gasteiger partial charge in [-0.25, -0.2) is 4.57 Å². The second-order valence-electron chi connectivity index (χ2n) is 16.0. The summed E-state index contributed by atoms with van der Waals surface area (Å²) >= 11 is 0. The quantitative estimate of drug-likeness (QED) is 0.0358. The lowest BCUT2D eigenvalue weighted by Gasteiger charge is -2.25. The van der Waals surface area contributed by atoms with Gasteiger partial charge in [0, 0.05) is 13.0 Å². The minimum Gasteiger partial charge on any atom is -0.391 e. The van der Waals surface area contributed by atoms with Crippen molar-refractivity contribution in [2.75, 3.05) is 19.8 Å². The summed E-state index contributed by atoms with van der Waals surface area (Å²) in [5.74, 6) is -0.157. The molecule has 0 aliphatic rings. The van der Waals surface area contributed by atoms with Gasteiger partial charge in [0.15, 0.2) is 0 Å². The largest absolute Gasteiger partial charge is 0.472 e. The third-order valence-electron chi connectivity index (χ3n) is 10.7. The smallest absolute Gasteiger partial charge is 0.391 e. The summed E-state index contributed by atoms with van der Waals surface area (Å²) in [5, 5.41) is 13.8. The first-order valence-corrected chi connectivity index (χ1v) is 24.6. The van der Waals surface area contributed by atoms with Crippen molar-refractivity contribution < 1.29 is 28.4 Å². The number of phosphoric ester groups is 1. The first-order chi connectivity index (χ1) is 25.9. The number of hydrogen-bond acceptors (Lipinski definition) is 6. The van der Waals surface area contributed by atoms with Gasteiger partial charge in [0.1, 0.15) is 0 Å². The third kappa shape index (κ3) is 39.5. The molecule has 3 unspecified atom stereocenters. The molecule has 0 saturated carbocycles. The number of rotatable bonds is 44. The van der Waals surface area contributed by atoms with Gasteiger partial charge in [0.2, 0.25) is 5.91 Å². The molecule has 0 heterocycles. The van der Waals surface area contributed by atoms with Gasteiger partial charge in [-0.2, -0.15) is 0 Å². The van der Waals surface area contributed by atoms with E-state index in [1.807, 2.05) is 0 Å². The minimum absolute atomic E-state index is 0.0926. The molecule has 1 amide bonds. The van der Waals surface area contributed by atoms with Crippen molar-refractivity contribution in [2.45, 2.75) is 257 Å². The zero-order valence-electron chi connectivity index (χ0n) is 35.3. The number of carbonyl (C=O) groups excluding carboxylic acids is 1. The second kappa shape index (κ2) is 41.1. The van der Waals surface area contributed by atoms with Crippen LogP contribution in [0, 0.1) is 0 Å². The van der Waals surface area contributed by atoms with Crippen LogP contribution in [-0.4, -0.2) is 47.8 Å². The lowest BCUT2D eigenvalue weighted by molar-refractivity contribution is -0.123. The van der Waals surface area contributed by atoms with Crippen molar-refractivity contribution in [2.24, 2.45) is 5.73 Å². The molecular formula is C44H91N2O6P. The fourth-order valence-electron chi connectivity index (χ4n) is 7.20. The van der Waals surface area contributed by atoms with Crippen LogP contribution in [0.4, 0.5) is 0 Å². The monoisotopic (exact) mass is 775 g/mol. The Balaban J connectivity index is 4.04. The van der Waals surface area contributed by atoms with Gasteiger partial charge in [0.25, 0.3) is 0 Å². The van der Waals surface area contributed by atoms with Crippen molar-refractivity contribution in [3.63, 3.8) is 0 Å². The van der Waals surface area contributed by atoms with Crippen molar-refractivity contribution in [1.82, 2.24) is 5.32 Å². The van der Waals surface area contributed by atoms with Crippen molar-refractivity contribution >= 4 is 13.7 Å². The number of amides is 1. The fourth-order valence-corrected chi connectivity index (χ4v) is 7.96. The topological polar surface area (TPSA) is 131 Å². The highest BCUT2D eigenvalue weighted by Gasteiger charge is 2.27. The number of hydrogen-bond donors (Lipinski definition) is 4. The Labute approximate surface area is 329 Å². The van der Waals surface area contributed by atoms with Gasteiger partial charge in [-0.15, -0.1) is 0 Å². The number of aliphatic hydroxyl groups is 1. The molecule has 0 aliphatic carbocycles. The summed E-state index contributed by atoms with van der Waals surface area (Å²) in [6.45, 7) is 4.24. The maximum absolute atomic E-state index is 12.8. The highest BCUT2D eigenvalue weighted by molar-refractivity contribution is 7.47. The summed E-state index contributed by atoms with van der Waals surface area (Å²) in [7, 11) is -4.31. The summed E-state index contributed by atoms with van der Waals surface area (Å²) in [6.07, 6.45) is 44.0. The number of aliphatic hydroxyl groups excluding tert-OH is 1. The molecule has 53 heavy (non-hydrogen) atoms. The average molecular weight is 775 g/mol. The highest BCUT2D eigenvalue weighted by atomic mass is 31.2. The van der Waals surface area contributed by atoms with Crippen LogP contribution in [0.15, 0.2) is 0 Å². The van der Waals surface area contributed by atoms with E-state index in [0.29, 0.717) is 12.8 Å². The molecule has 0 bridgehead atoms. The van der Waals surface area contributed by atoms with E-state index in [-0.39, 0.29) is 25.7 Å². The van der Waals surface area contributed by atoms with Crippen molar-refractivity contribution in [3.8, 4) is 0 Å². The third-order valence-corrected chi connectivity index (χ3v) is 11.7. The van der Waals surface area contributed by atoms with Crippen molar-refractivity contribution in [1.29, 1.82) is 0 Å². The summed E-state index contributed by atoms with van der Waals surface area (Å²) in [4.78, 5) is 22.7. The molecule has 0 aromatic heterocycles. The van der Waals surface area contributed by atoms with Crippen LogP contribution in [0.5, 0.6) is 0 Å². The molecular weight excluding hydrogens is 683 g/mol. The number of phosphoric acid groups is 1. The van der Waals surface area contributed by atoms with E-state index in [1.54, 1.807) is 0 Å². The number of nitrogens with two attached hydrogens (primary N) is 1. The fraction of sp³-hybridized carbons (Fsp3) is 0.977. The van der Waals surface area contributed by atoms with Gasteiger partial charge in [0.05, 0.1) is 25.4 Å². The molecule has 0 fully saturated rings. The normalized spacial score (nSPS) is 14.0. The van der Waals surface area contributed by atoms with E-state index in [1.165, 1.54) is 180 Å². The van der Waals surface area contributed by atoms with Crippen LogP contribution < -0.4 is 11.1 Å². The lowest BCUT2D eigenvalue weighted by atomic mass is 10.0. The zero-order valence-corrected chi connectivity index (χ0v) is 36.2. The number of nitrogens with one attached hydrogen (secondary N) is 1. The summed E-state index contributed by atoms with van der Waals surface area (Å²) in [6, 6.07) is -0.767. The van der Waals surface area contributed by atoms with Crippen LogP contribution in [0.25, 0.3) is 0 Å². The van der Waals surface area contributed by atoms with Gasteiger partial charge < -0.3 is 21.1 Å². The lowest BCUT2D eigenvalue weighted by Crippen LogP contribution is -2.46. The Kier molecular flexibility index (Phi) is 40.8. The van der Waals surface area contributed by atoms with E-state index >= 15 is 0 Å². The molecule has 0 radical (unpaired) electrons. The van der Waals surface area contributed by atoms with E-state index in [2.05, 4.69) is 19.2 Å². The maximum Gasteiger partial charge on any atom is 0.472 e. The van der Waals surface area contributed by atoms with Gasteiger partial charge in [-0.05, 0) is 12.8 Å². The van der Waals surface area contributed by atoms with Gasteiger partial charge >= 0.3 is 7.82 Å². The number of carbonyl (C=O) groups is 1. The first-order valence-electron chi connectivity index (χ1n) is 23.2. The molecule has 0 rings (SSSR count). The van der Waals surface area contributed by atoms with E-state index in [0.717, 1.165) is 38.5 Å². The van der Waals surface area contributed by atoms with Gasteiger partial charge in [-0.1, -0.05) is 226 Å². The second-order valence-corrected chi connectivity index (χ2v) is 17.4. The zero-order chi connectivity index (χ0) is 38.9. The molecule has 5 N–H and O–H groups in total. The molecule has 0 spiro atoms. The predicted molar refractivity (Wildman–Crippen MR) is 226 cm³/mol. The Morgan fingerprint density at radius 1 is 0.547 bits per heavy atom. The Morgan fingerprint density at radius 3 is 1.21 bits per heavy atom. The Bertz CT molecular complexity index is 804. The molecule has 9 heteroatoms. The van der Waals surface area contributed by atoms with E-state index < -0.39 is 20.0 Å². The maximum atomic E-state index is 12.8. The Hall–Kier alpha value is -0.500. The SMILES string of the molecule is CCCCCCCCCCCCCCCCCCCCCCCC(O)C(COP(=O)(O)OCCN)NC(=O)CCCCCCCCCCCCCCC. The molecule has 3 atom stereocenters. The first kappa shape index (κ1) is 52.5. The van der Waals surface area contributed by atoms with Crippen LogP contribution in [0.2, 0.25) is 0 Å². The molecule has 0 aromatic carbocycles. The Morgan fingerprint density at radius 2 is 0.868 bits per heavy atom. The molecule has 318 valence electrons. The van der Waals surface area contributed by atoms with Gasteiger partial charge in [-0.3, -0.25) is 13.8 Å².